The molecule has 13 rings (SSSR count). The number of hydrogen-bond donors (Lipinski definition) is 0. The number of benzene rings is 13. The van der Waals surface area contributed by atoms with Crippen LogP contribution in [0.4, 0.5) is 0 Å². The van der Waals surface area contributed by atoms with Crippen molar-refractivity contribution in [3.8, 4) is 89.0 Å². The Morgan fingerprint density at radius 1 is 0.147 bits per heavy atom. The molecule has 0 saturated carbocycles. The lowest BCUT2D eigenvalue weighted by atomic mass is 9.82. The molecule has 0 saturated heterocycles. The minimum atomic E-state index is 1.20. The third-order valence-corrected chi connectivity index (χ3v) is 14.0. The van der Waals surface area contributed by atoms with Gasteiger partial charge in [0.1, 0.15) is 0 Å². The van der Waals surface area contributed by atoms with Crippen LogP contribution in [0.25, 0.3) is 132 Å². The van der Waals surface area contributed by atoms with E-state index in [1.165, 1.54) is 132 Å². The first-order valence-corrected chi connectivity index (χ1v) is 23.6. The largest absolute Gasteiger partial charge is 0.0622 e. The van der Waals surface area contributed by atoms with E-state index in [4.69, 9.17) is 0 Å². The molecule has 0 unspecified atom stereocenters. The van der Waals surface area contributed by atoms with E-state index in [9.17, 15) is 0 Å². The lowest BCUT2D eigenvalue weighted by Gasteiger charge is -2.21. The van der Waals surface area contributed by atoms with Crippen LogP contribution in [0.2, 0.25) is 0 Å². The predicted octanol–water partition coefficient (Wildman–Crippen LogP) is 19.1. The van der Waals surface area contributed by atoms with E-state index in [2.05, 4.69) is 267 Å². The molecule has 0 nitrogen and oxygen atoms in total. The average Bonchev–Trinajstić information content (AvgIpc) is 3.42. The van der Waals surface area contributed by atoms with Gasteiger partial charge in [-0.3, -0.25) is 0 Å². The maximum Gasteiger partial charge on any atom is -0.00255 e. The van der Waals surface area contributed by atoms with Gasteiger partial charge < -0.3 is 0 Å². The first-order chi connectivity index (χ1) is 33.7. The maximum atomic E-state index is 2.48. The minimum Gasteiger partial charge on any atom is -0.0622 e. The second-order valence-corrected chi connectivity index (χ2v) is 17.9. The summed E-state index contributed by atoms with van der Waals surface area (Å²) in [6.07, 6.45) is 0. The Kier molecular flexibility index (Phi) is 9.62. The van der Waals surface area contributed by atoms with Crippen molar-refractivity contribution in [2.75, 3.05) is 0 Å². The topological polar surface area (TPSA) is 0 Å². The molecule has 0 aliphatic carbocycles. The Balaban J connectivity index is 1.18. The Labute approximate surface area is 397 Å². The fourth-order valence-corrected chi connectivity index (χ4v) is 10.9. The molecule has 0 heterocycles. The van der Waals surface area contributed by atoms with Crippen molar-refractivity contribution in [3.63, 3.8) is 0 Å². The maximum absolute atomic E-state index is 2.48. The normalized spacial score (nSPS) is 11.5. The summed E-state index contributed by atoms with van der Waals surface area (Å²) in [4.78, 5) is 0. The highest BCUT2D eigenvalue weighted by Gasteiger charge is 2.22. The van der Waals surface area contributed by atoms with Gasteiger partial charge >= 0.3 is 0 Å². The lowest BCUT2D eigenvalue weighted by Crippen LogP contribution is -1.94. The van der Waals surface area contributed by atoms with Gasteiger partial charge in [-0.25, -0.2) is 0 Å². The highest BCUT2D eigenvalue weighted by Crippen LogP contribution is 2.49. The molecule has 0 radical (unpaired) electrons. The van der Waals surface area contributed by atoms with Gasteiger partial charge in [-0.1, -0.05) is 218 Å². The molecule has 316 valence electrons. The van der Waals surface area contributed by atoms with E-state index >= 15 is 0 Å². The van der Waals surface area contributed by atoms with Crippen molar-refractivity contribution >= 4 is 43.1 Å². The fraction of sp³-hybridized carbons (Fsp3) is 0. The molecule has 0 amide bonds. The van der Waals surface area contributed by atoms with Crippen molar-refractivity contribution in [1.29, 1.82) is 0 Å². The van der Waals surface area contributed by atoms with Gasteiger partial charge in [0.05, 0.1) is 0 Å². The smallest absolute Gasteiger partial charge is 0.00255 e. The van der Waals surface area contributed by atoms with Crippen molar-refractivity contribution in [1.82, 2.24) is 0 Å². The molecule has 0 N–H and O–H groups in total. The van der Waals surface area contributed by atoms with Crippen LogP contribution in [0.1, 0.15) is 0 Å². The zero-order valence-electron chi connectivity index (χ0n) is 37.4. The first kappa shape index (κ1) is 39.5. The van der Waals surface area contributed by atoms with Crippen LogP contribution in [0, 0.1) is 0 Å². The van der Waals surface area contributed by atoms with E-state index in [0.29, 0.717) is 0 Å². The summed E-state index contributed by atoms with van der Waals surface area (Å²) in [5.41, 5.74) is 19.4. The Morgan fingerprint density at radius 2 is 0.324 bits per heavy atom. The van der Waals surface area contributed by atoms with E-state index in [0.717, 1.165) is 0 Å². The van der Waals surface area contributed by atoms with E-state index in [1.54, 1.807) is 0 Å². The molecule has 0 spiro atoms. The van der Waals surface area contributed by atoms with E-state index in [1.807, 2.05) is 0 Å². The van der Waals surface area contributed by atoms with Crippen molar-refractivity contribution < 1.29 is 0 Å². The van der Waals surface area contributed by atoms with Crippen LogP contribution in [-0.4, -0.2) is 0 Å². The molecular weight excluding hydrogens is 817 g/mol. The van der Waals surface area contributed by atoms with E-state index < -0.39 is 0 Å². The fourth-order valence-electron chi connectivity index (χ4n) is 10.9. The van der Waals surface area contributed by atoms with Gasteiger partial charge in [0.2, 0.25) is 0 Å². The Hall–Kier alpha value is -8.84. The molecule has 0 aliphatic rings. The molecule has 0 aliphatic heterocycles. The van der Waals surface area contributed by atoms with Crippen LogP contribution < -0.4 is 0 Å². The summed E-state index contributed by atoms with van der Waals surface area (Å²) in [5.74, 6) is 0. The molecular formula is C68H44. The first-order valence-electron chi connectivity index (χ1n) is 23.6. The summed E-state index contributed by atoms with van der Waals surface area (Å²) in [6.45, 7) is 0. The van der Waals surface area contributed by atoms with Gasteiger partial charge in [0, 0.05) is 0 Å². The second kappa shape index (κ2) is 16.5. The molecule has 0 atom stereocenters. The monoisotopic (exact) mass is 860 g/mol. The Bertz CT molecular complexity index is 3460. The molecule has 13 aromatic carbocycles. The zero-order chi connectivity index (χ0) is 45.0. The quantitative estimate of drug-likeness (QED) is 0.105. The predicted molar refractivity (Wildman–Crippen MR) is 291 cm³/mol. The molecule has 13 aromatic rings. The summed E-state index contributed by atoms with van der Waals surface area (Å²) in [7, 11) is 0. The number of fused-ring (bicyclic) bond motifs is 2. The zero-order valence-corrected chi connectivity index (χ0v) is 37.4. The SMILES string of the molecule is c1ccc(-c2ccccc2-c2cc3cc(-c4ccccc4-c4ccccc4)cc4c5cc(-c6ccccc6-c6ccccc6)cc6cc(-c7ccccc7-c7ccccc7)cc(c(c2)c34)c65)cc1. The van der Waals surface area contributed by atoms with Crippen LogP contribution in [0.15, 0.2) is 267 Å². The molecule has 0 bridgehead atoms. The van der Waals surface area contributed by atoms with Crippen LogP contribution in [0.5, 0.6) is 0 Å². The summed E-state index contributed by atoms with van der Waals surface area (Å²) < 4.78 is 0. The van der Waals surface area contributed by atoms with Gasteiger partial charge in [-0.15, -0.1) is 0 Å². The van der Waals surface area contributed by atoms with Crippen LogP contribution in [0.3, 0.4) is 0 Å². The average molecular weight is 861 g/mol. The third-order valence-electron chi connectivity index (χ3n) is 14.0. The summed E-state index contributed by atoms with van der Waals surface area (Å²) in [5, 5.41) is 10.0. The molecule has 68 heavy (non-hydrogen) atoms. The molecule has 0 heteroatoms. The molecule has 0 aromatic heterocycles. The number of rotatable bonds is 8. The summed E-state index contributed by atoms with van der Waals surface area (Å²) >= 11 is 0. The Morgan fingerprint density at radius 3 is 0.529 bits per heavy atom. The van der Waals surface area contributed by atoms with Gasteiger partial charge in [0.25, 0.3) is 0 Å². The van der Waals surface area contributed by atoms with Crippen LogP contribution in [-0.2, 0) is 0 Å². The highest BCUT2D eigenvalue weighted by molar-refractivity contribution is 6.35. The standard InChI is InChI=1S/C68H44/c1-5-21-45(22-6-1)55-29-13-17-33-59(55)49-37-53-38-50(60-34-18-14-30-56(60)46-23-7-2-8-24-46)43-65-66-44-52(62-36-20-16-32-58(62)48-27-11-4-12-28-48)40-54-39-51(42-64(68(54)66)63(41-49)67(53)65)61-35-19-15-31-57(61)47-25-9-3-10-26-47/h1-44H. The van der Waals surface area contributed by atoms with Gasteiger partial charge in [-0.05, 0) is 181 Å². The van der Waals surface area contributed by atoms with Crippen molar-refractivity contribution in [2.24, 2.45) is 0 Å². The third kappa shape index (κ3) is 6.77. The second-order valence-electron chi connectivity index (χ2n) is 17.9. The van der Waals surface area contributed by atoms with Crippen molar-refractivity contribution in [3.05, 3.63) is 267 Å². The molecule has 0 fully saturated rings. The highest BCUT2D eigenvalue weighted by atomic mass is 14.2. The van der Waals surface area contributed by atoms with Crippen molar-refractivity contribution in [2.45, 2.75) is 0 Å². The minimum absolute atomic E-state index is 1.20. The van der Waals surface area contributed by atoms with Gasteiger partial charge in [-0.2, -0.15) is 0 Å². The van der Waals surface area contributed by atoms with E-state index in [-0.39, 0.29) is 0 Å². The summed E-state index contributed by atoms with van der Waals surface area (Å²) in [6, 6.07) is 98.6. The lowest BCUT2D eigenvalue weighted by molar-refractivity contribution is 1.59. The number of hydrogen-bond acceptors (Lipinski definition) is 0. The van der Waals surface area contributed by atoms with Gasteiger partial charge in [0.15, 0.2) is 0 Å². The van der Waals surface area contributed by atoms with Crippen LogP contribution >= 0.6 is 0 Å².